The van der Waals surface area contributed by atoms with Gasteiger partial charge >= 0.3 is 6.18 Å². The highest BCUT2D eigenvalue weighted by molar-refractivity contribution is 5.99. The number of halogens is 3. The van der Waals surface area contributed by atoms with Crippen LogP contribution >= 0.6 is 0 Å². The van der Waals surface area contributed by atoms with Crippen LogP contribution in [0, 0.1) is 13.8 Å². The highest BCUT2D eigenvalue weighted by Gasteiger charge is 2.37. The van der Waals surface area contributed by atoms with Gasteiger partial charge in [0.25, 0.3) is 11.7 Å². The maximum atomic E-state index is 12.6. The molecule has 1 amide bonds. The summed E-state index contributed by atoms with van der Waals surface area (Å²) in [7, 11) is 1.41. The van der Waals surface area contributed by atoms with E-state index in [4.69, 9.17) is 0 Å². The van der Waals surface area contributed by atoms with Gasteiger partial charge in [-0.25, -0.2) is 9.50 Å². The van der Waals surface area contributed by atoms with E-state index in [2.05, 4.69) is 24.7 Å². The molecular formula is C14H13F3N6O2. The summed E-state index contributed by atoms with van der Waals surface area (Å²) in [5, 5.41) is 6.97. The first kappa shape index (κ1) is 16.9. The average Bonchev–Trinajstić information content (AvgIpc) is 3.12. The molecule has 0 aliphatic carbocycles. The molecule has 0 bridgehead atoms. The molecule has 11 heteroatoms. The summed E-state index contributed by atoms with van der Waals surface area (Å²) < 4.78 is 43.5. The van der Waals surface area contributed by atoms with Gasteiger partial charge in [0, 0.05) is 18.4 Å². The van der Waals surface area contributed by atoms with E-state index in [-0.39, 0.29) is 18.0 Å². The minimum absolute atomic E-state index is 0.227. The minimum Gasteiger partial charge on any atom is -0.337 e. The molecule has 3 aromatic heterocycles. The molecular weight excluding hydrogens is 341 g/mol. The van der Waals surface area contributed by atoms with Gasteiger partial charge < -0.3 is 9.42 Å². The third-order valence-electron chi connectivity index (χ3n) is 3.45. The van der Waals surface area contributed by atoms with Crippen molar-refractivity contribution < 1.29 is 22.5 Å². The van der Waals surface area contributed by atoms with Crippen LogP contribution in [-0.4, -0.2) is 42.6 Å². The smallest absolute Gasteiger partial charge is 0.337 e. The summed E-state index contributed by atoms with van der Waals surface area (Å²) in [5.74, 6) is -2.17. The van der Waals surface area contributed by atoms with E-state index in [1.54, 1.807) is 6.92 Å². The summed E-state index contributed by atoms with van der Waals surface area (Å²) >= 11 is 0. The fourth-order valence-corrected chi connectivity index (χ4v) is 2.34. The predicted octanol–water partition coefficient (Wildman–Crippen LogP) is 2.02. The Morgan fingerprint density at radius 3 is 2.68 bits per heavy atom. The Hall–Kier alpha value is -2.98. The van der Waals surface area contributed by atoms with Crippen molar-refractivity contribution in [3.63, 3.8) is 0 Å². The maximum absolute atomic E-state index is 12.6. The Morgan fingerprint density at radius 1 is 1.32 bits per heavy atom. The predicted molar refractivity (Wildman–Crippen MR) is 77.6 cm³/mol. The zero-order valence-corrected chi connectivity index (χ0v) is 13.5. The second-order valence-electron chi connectivity index (χ2n) is 5.50. The van der Waals surface area contributed by atoms with E-state index in [0.717, 1.165) is 10.6 Å². The maximum Gasteiger partial charge on any atom is 0.455 e. The van der Waals surface area contributed by atoms with Gasteiger partial charge in [-0.05, 0) is 19.9 Å². The number of carbonyl (C=O) groups is 1. The lowest BCUT2D eigenvalue weighted by atomic mass is 10.2. The molecule has 0 spiro atoms. The average molecular weight is 354 g/mol. The van der Waals surface area contributed by atoms with Crippen LogP contribution in [0.4, 0.5) is 13.2 Å². The van der Waals surface area contributed by atoms with E-state index in [1.807, 2.05) is 13.0 Å². The molecule has 0 N–H and O–H groups in total. The zero-order valence-electron chi connectivity index (χ0n) is 13.5. The number of nitrogens with zero attached hydrogens (tertiary/aromatic N) is 6. The zero-order chi connectivity index (χ0) is 18.4. The van der Waals surface area contributed by atoms with Gasteiger partial charge in [0.05, 0.1) is 12.7 Å². The molecule has 0 saturated carbocycles. The van der Waals surface area contributed by atoms with Crippen LogP contribution in [0.5, 0.6) is 0 Å². The fraction of sp³-hybridized carbons (Fsp3) is 0.357. The molecule has 0 aromatic carbocycles. The van der Waals surface area contributed by atoms with Gasteiger partial charge in [0.15, 0.2) is 5.65 Å². The molecule has 0 aliphatic rings. The Morgan fingerprint density at radius 2 is 2.04 bits per heavy atom. The van der Waals surface area contributed by atoms with Crippen LogP contribution in [0.3, 0.4) is 0 Å². The molecule has 0 atom stereocenters. The van der Waals surface area contributed by atoms with Crippen LogP contribution < -0.4 is 0 Å². The first-order valence-corrected chi connectivity index (χ1v) is 7.14. The number of aryl methyl sites for hydroxylation is 2. The van der Waals surface area contributed by atoms with Gasteiger partial charge in [-0.15, -0.1) is 0 Å². The van der Waals surface area contributed by atoms with Crippen molar-refractivity contribution in [2.24, 2.45) is 0 Å². The number of amides is 1. The van der Waals surface area contributed by atoms with Crippen LogP contribution in [0.1, 0.15) is 33.5 Å². The van der Waals surface area contributed by atoms with Crippen molar-refractivity contribution in [3.8, 4) is 0 Å². The fourth-order valence-electron chi connectivity index (χ4n) is 2.34. The number of aromatic nitrogens is 5. The van der Waals surface area contributed by atoms with E-state index < -0.39 is 17.9 Å². The number of hydrogen-bond acceptors (Lipinski definition) is 6. The molecule has 3 heterocycles. The summed E-state index contributed by atoms with van der Waals surface area (Å²) in [4.78, 5) is 21.3. The lowest BCUT2D eigenvalue weighted by Crippen LogP contribution is -2.26. The van der Waals surface area contributed by atoms with Crippen LogP contribution in [0.2, 0.25) is 0 Å². The first-order valence-electron chi connectivity index (χ1n) is 7.14. The topological polar surface area (TPSA) is 89.4 Å². The highest BCUT2D eigenvalue weighted by atomic mass is 19.4. The highest BCUT2D eigenvalue weighted by Crippen LogP contribution is 2.26. The molecule has 0 fully saturated rings. The van der Waals surface area contributed by atoms with Gasteiger partial charge in [-0.1, -0.05) is 5.16 Å². The quantitative estimate of drug-likeness (QED) is 0.715. The van der Waals surface area contributed by atoms with Crippen molar-refractivity contribution in [2.75, 3.05) is 7.05 Å². The summed E-state index contributed by atoms with van der Waals surface area (Å²) in [6.45, 7) is 3.34. The minimum atomic E-state index is -4.70. The first-order chi connectivity index (χ1) is 11.7. The molecule has 25 heavy (non-hydrogen) atoms. The van der Waals surface area contributed by atoms with Gasteiger partial charge in [0.2, 0.25) is 5.89 Å². The van der Waals surface area contributed by atoms with Gasteiger partial charge in [-0.3, -0.25) is 4.79 Å². The Balaban J connectivity index is 1.85. The normalized spacial score (nSPS) is 11.9. The Labute approximate surface area is 139 Å². The molecule has 3 rings (SSSR count). The SMILES string of the molecule is Cc1cc(C)n2ncc(C(=O)N(C)Cc3nc(C(F)(F)F)no3)c2n1. The number of rotatable bonds is 3. The third-order valence-corrected chi connectivity index (χ3v) is 3.45. The van der Waals surface area contributed by atoms with Crippen molar-refractivity contribution in [2.45, 2.75) is 26.6 Å². The summed E-state index contributed by atoms with van der Waals surface area (Å²) in [5.41, 5.74) is 2.12. The van der Waals surface area contributed by atoms with E-state index in [1.165, 1.54) is 17.8 Å². The van der Waals surface area contributed by atoms with Crippen LogP contribution in [-0.2, 0) is 12.7 Å². The van der Waals surface area contributed by atoms with Gasteiger partial charge in [-0.2, -0.15) is 23.3 Å². The van der Waals surface area contributed by atoms with Crippen LogP contribution in [0.15, 0.2) is 16.8 Å². The Bertz CT molecular complexity index is 946. The molecule has 3 aromatic rings. The van der Waals surface area contributed by atoms with E-state index >= 15 is 0 Å². The second-order valence-corrected chi connectivity index (χ2v) is 5.50. The molecule has 0 saturated heterocycles. The molecule has 0 aliphatic heterocycles. The molecule has 8 nitrogen and oxygen atoms in total. The molecule has 0 unspecified atom stereocenters. The van der Waals surface area contributed by atoms with E-state index in [0.29, 0.717) is 11.3 Å². The Kier molecular flexibility index (Phi) is 3.93. The largest absolute Gasteiger partial charge is 0.455 e. The van der Waals surface area contributed by atoms with Crippen molar-refractivity contribution in [1.29, 1.82) is 0 Å². The summed E-state index contributed by atoms with van der Waals surface area (Å²) in [6, 6.07) is 1.81. The monoisotopic (exact) mass is 354 g/mol. The lowest BCUT2D eigenvalue weighted by Gasteiger charge is -2.13. The van der Waals surface area contributed by atoms with Crippen molar-refractivity contribution in [3.05, 3.63) is 40.9 Å². The number of alkyl halides is 3. The second kappa shape index (κ2) is 5.83. The van der Waals surface area contributed by atoms with Crippen molar-refractivity contribution >= 4 is 11.6 Å². The van der Waals surface area contributed by atoms with Gasteiger partial charge in [0.1, 0.15) is 5.56 Å². The summed E-state index contributed by atoms with van der Waals surface area (Å²) in [6.07, 6.45) is -3.34. The standard InChI is InChI=1S/C14H13F3N6O2/c1-7-4-8(2)23-11(19-7)9(5-18-23)12(24)22(3)6-10-20-13(21-25-10)14(15,16)17/h4-5H,6H2,1-3H3. The third kappa shape index (κ3) is 3.16. The molecule has 0 radical (unpaired) electrons. The number of fused-ring (bicyclic) bond motifs is 1. The molecule has 132 valence electrons. The van der Waals surface area contributed by atoms with E-state index in [9.17, 15) is 18.0 Å². The lowest BCUT2D eigenvalue weighted by molar-refractivity contribution is -0.146. The number of hydrogen-bond donors (Lipinski definition) is 0. The van der Waals surface area contributed by atoms with Crippen LogP contribution in [0.25, 0.3) is 5.65 Å². The van der Waals surface area contributed by atoms with Crippen molar-refractivity contribution in [1.82, 2.24) is 29.6 Å². The number of carbonyl (C=O) groups excluding carboxylic acids is 1.